The molecule has 1 nitrogen and oxygen atoms in total. The van der Waals surface area contributed by atoms with Crippen molar-refractivity contribution in [2.75, 3.05) is 6.54 Å². The fourth-order valence-electron chi connectivity index (χ4n) is 1.47. The smallest absolute Gasteiger partial charge is 0.0223 e. The molecule has 0 aromatic heterocycles. The third-order valence-electron chi connectivity index (χ3n) is 2.09. The molecule has 0 amide bonds. The van der Waals surface area contributed by atoms with Crippen molar-refractivity contribution in [2.24, 2.45) is 0 Å². The van der Waals surface area contributed by atoms with Crippen molar-refractivity contribution in [1.29, 1.82) is 0 Å². The Bertz CT molecular complexity index is 271. The van der Waals surface area contributed by atoms with E-state index >= 15 is 0 Å². The van der Waals surface area contributed by atoms with Gasteiger partial charge in [0.2, 0.25) is 0 Å². The second-order valence-corrected chi connectivity index (χ2v) is 3.66. The molecule has 0 spiro atoms. The Morgan fingerprint density at radius 3 is 2.77 bits per heavy atom. The molecular weight excluding hydrogens is 226 g/mol. The lowest BCUT2D eigenvalue weighted by Gasteiger charge is -2.17. The third-order valence-corrected chi connectivity index (χ3v) is 2.83. The summed E-state index contributed by atoms with van der Waals surface area (Å²) in [5, 5.41) is 3.35. The van der Waals surface area contributed by atoms with Crippen LogP contribution in [0, 0.1) is 0 Å². The van der Waals surface area contributed by atoms with Crippen LogP contribution < -0.4 is 5.32 Å². The zero-order valence-corrected chi connectivity index (χ0v) is 9.82. The van der Waals surface area contributed by atoms with Crippen molar-refractivity contribution in [3.63, 3.8) is 0 Å². The summed E-state index contributed by atoms with van der Waals surface area (Å²) in [6.07, 6.45) is 1.16. The molecule has 2 rings (SSSR count). The zero-order valence-electron chi connectivity index (χ0n) is 8.23. The Morgan fingerprint density at radius 2 is 2.08 bits per heavy atom. The van der Waals surface area contributed by atoms with E-state index in [1.807, 2.05) is 13.8 Å². The van der Waals surface area contributed by atoms with Gasteiger partial charge in [0.1, 0.15) is 0 Å². The van der Waals surface area contributed by atoms with E-state index < -0.39 is 0 Å². The van der Waals surface area contributed by atoms with Gasteiger partial charge >= 0.3 is 0 Å². The van der Waals surface area contributed by atoms with Gasteiger partial charge < -0.3 is 5.32 Å². The molecule has 72 valence electrons. The van der Waals surface area contributed by atoms with Crippen LogP contribution in [0.3, 0.4) is 0 Å². The molecule has 0 saturated carbocycles. The number of hydrogen-bond donors (Lipinski definition) is 1. The van der Waals surface area contributed by atoms with Crippen LogP contribution in [0.2, 0.25) is 0 Å². The van der Waals surface area contributed by atoms with Crippen molar-refractivity contribution in [3.05, 3.63) is 33.8 Å². The number of nitrogens with one attached hydrogen (secondary N) is 1. The SMILES string of the molecule is Brc1cccc2c1CNCC2.CC. The quantitative estimate of drug-likeness (QED) is 0.737. The average molecular weight is 242 g/mol. The number of hydrogen-bond acceptors (Lipinski definition) is 1. The Balaban J connectivity index is 0.000000396. The normalized spacial score (nSPS) is 14.1. The summed E-state index contributed by atoms with van der Waals surface area (Å²) in [6.45, 7) is 6.13. The first-order valence-corrected chi connectivity index (χ1v) is 5.64. The van der Waals surface area contributed by atoms with E-state index in [1.165, 1.54) is 15.6 Å². The number of halogens is 1. The molecule has 1 heterocycles. The summed E-state index contributed by atoms with van der Waals surface area (Å²) < 4.78 is 1.24. The first-order chi connectivity index (χ1) is 6.38. The van der Waals surface area contributed by atoms with E-state index in [0.717, 1.165) is 19.5 Å². The van der Waals surface area contributed by atoms with E-state index in [4.69, 9.17) is 0 Å². The molecule has 2 heteroatoms. The second-order valence-electron chi connectivity index (χ2n) is 2.80. The molecular formula is C11H16BrN. The fraction of sp³-hybridized carbons (Fsp3) is 0.455. The molecule has 0 radical (unpaired) electrons. The third kappa shape index (κ3) is 2.55. The van der Waals surface area contributed by atoms with E-state index in [-0.39, 0.29) is 0 Å². The van der Waals surface area contributed by atoms with Crippen LogP contribution in [0.15, 0.2) is 22.7 Å². The van der Waals surface area contributed by atoms with E-state index in [2.05, 4.69) is 39.4 Å². The van der Waals surface area contributed by atoms with Gasteiger partial charge in [-0.2, -0.15) is 0 Å². The van der Waals surface area contributed by atoms with Gasteiger partial charge in [-0.15, -0.1) is 0 Å². The van der Waals surface area contributed by atoms with Gasteiger partial charge in [-0.05, 0) is 30.2 Å². The number of fused-ring (bicyclic) bond motifs is 1. The van der Waals surface area contributed by atoms with Crippen molar-refractivity contribution in [3.8, 4) is 0 Å². The van der Waals surface area contributed by atoms with Gasteiger partial charge in [-0.1, -0.05) is 41.9 Å². The summed E-state index contributed by atoms with van der Waals surface area (Å²) in [5.41, 5.74) is 2.91. The molecule has 0 saturated heterocycles. The van der Waals surface area contributed by atoms with Crippen LogP contribution in [-0.2, 0) is 13.0 Å². The topological polar surface area (TPSA) is 12.0 Å². The highest BCUT2D eigenvalue weighted by Gasteiger charge is 2.09. The Labute approximate surface area is 88.7 Å². The monoisotopic (exact) mass is 241 g/mol. The molecule has 0 bridgehead atoms. The van der Waals surface area contributed by atoms with Gasteiger partial charge in [0.25, 0.3) is 0 Å². The number of benzene rings is 1. The van der Waals surface area contributed by atoms with Crippen LogP contribution in [0.5, 0.6) is 0 Å². The van der Waals surface area contributed by atoms with Gasteiger partial charge in [-0.25, -0.2) is 0 Å². The highest BCUT2D eigenvalue weighted by atomic mass is 79.9. The van der Waals surface area contributed by atoms with Crippen LogP contribution >= 0.6 is 15.9 Å². The van der Waals surface area contributed by atoms with Crippen molar-refractivity contribution < 1.29 is 0 Å². The predicted molar refractivity (Wildman–Crippen MR) is 60.9 cm³/mol. The highest BCUT2D eigenvalue weighted by Crippen LogP contribution is 2.22. The van der Waals surface area contributed by atoms with Crippen molar-refractivity contribution >= 4 is 15.9 Å². The first-order valence-electron chi connectivity index (χ1n) is 4.85. The van der Waals surface area contributed by atoms with Crippen LogP contribution in [0.25, 0.3) is 0 Å². The lowest BCUT2D eigenvalue weighted by Crippen LogP contribution is -2.23. The van der Waals surface area contributed by atoms with Crippen LogP contribution in [0.4, 0.5) is 0 Å². The van der Waals surface area contributed by atoms with E-state index in [1.54, 1.807) is 0 Å². The van der Waals surface area contributed by atoms with Crippen molar-refractivity contribution in [2.45, 2.75) is 26.8 Å². The molecule has 0 fully saturated rings. The molecule has 0 unspecified atom stereocenters. The molecule has 1 aliphatic rings. The Morgan fingerprint density at radius 1 is 1.31 bits per heavy atom. The molecule has 13 heavy (non-hydrogen) atoms. The van der Waals surface area contributed by atoms with Crippen LogP contribution in [-0.4, -0.2) is 6.54 Å². The summed E-state index contributed by atoms with van der Waals surface area (Å²) in [7, 11) is 0. The minimum atomic E-state index is 1.01. The minimum absolute atomic E-state index is 1.01. The summed E-state index contributed by atoms with van der Waals surface area (Å²) in [6, 6.07) is 6.42. The Kier molecular flexibility index (Phi) is 4.46. The summed E-state index contributed by atoms with van der Waals surface area (Å²) >= 11 is 3.54. The zero-order chi connectivity index (χ0) is 9.68. The average Bonchev–Trinajstić information content (AvgIpc) is 2.22. The molecule has 0 atom stereocenters. The largest absolute Gasteiger partial charge is 0.312 e. The Hall–Kier alpha value is -0.340. The minimum Gasteiger partial charge on any atom is -0.312 e. The lowest BCUT2D eigenvalue weighted by molar-refractivity contribution is 0.641. The standard InChI is InChI=1S/C9H10BrN.C2H6/c10-9-3-1-2-7-4-5-11-6-8(7)9;1-2/h1-3,11H,4-6H2;1-2H3. The first kappa shape index (κ1) is 10.7. The van der Waals surface area contributed by atoms with Gasteiger partial charge in [0, 0.05) is 11.0 Å². The molecule has 0 aliphatic carbocycles. The molecule has 1 N–H and O–H groups in total. The molecule has 1 aromatic rings. The summed E-state index contributed by atoms with van der Waals surface area (Å²) in [4.78, 5) is 0. The number of rotatable bonds is 0. The summed E-state index contributed by atoms with van der Waals surface area (Å²) in [5.74, 6) is 0. The van der Waals surface area contributed by atoms with E-state index in [9.17, 15) is 0 Å². The van der Waals surface area contributed by atoms with Gasteiger partial charge in [-0.3, -0.25) is 0 Å². The van der Waals surface area contributed by atoms with E-state index in [0.29, 0.717) is 0 Å². The maximum absolute atomic E-state index is 3.54. The second kappa shape index (κ2) is 5.40. The van der Waals surface area contributed by atoms with Gasteiger partial charge in [0.15, 0.2) is 0 Å². The molecule has 1 aliphatic heterocycles. The fourth-order valence-corrected chi connectivity index (χ4v) is 2.02. The van der Waals surface area contributed by atoms with Crippen LogP contribution in [0.1, 0.15) is 25.0 Å². The van der Waals surface area contributed by atoms with Crippen molar-refractivity contribution in [1.82, 2.24) is 5.32 Å². The predicted octanol–water partition coefficient (Wildman–Crippen LogP) is 3.12. The highest BCUT2D eigenvalue weighted by molar-refractivity contribution is 9.10. The maximum Gasteiger partial charge on any atom is 0.0223 e. The maximum atomic E-state index is 3.54. The lowest BCUT2D eigenvalue weighted by atomic mass is 10.0. The molecule has 1 aromatic carbocycles. The van der Waals surface area contributed by atoms with Gasteiger partial charge in [0.05, 0.1) is 0 Å².